The van der Waals surface area contributed by atoms with E-state index in [0.29, 0.717) is 5.69 Å². The van der Waals surface area contributed by atoms with Gasteiger partial charge in [0.05, 0.1) is 10.9 Å². The summed E-state index contributed by atoms with van der Waals surface area (Å²) in [5.41, 5.74) is 3.60. The molecule has 2 aromatic carbocycles. The molecule has 0 heterocycles. The lowest BCUT2D eigenvalue weighted by atomic mass is 10.0. The van der Waals surface area contributed by atoms with Gasteiger partial charge >= 0.3 is 6.03 Å². The monoisotopic (exact) mass is 347 g/mol. The zero-order valence-electron chi connectivity index (χ0n) is 13.8. The van der Waals surface area contributed by atoms with Crippen LogP contribution in [0.3, 0.4) is 0 Å². The summed E-state index contributed by atoms with van der Waals surface area (Å²) in [6.45, 7) is 5.89. The van der Waals surface area contributed by atoms with Gasteiger partial charge in [-0.15, -0.1) is 0 Å². The van der Waals surface area contributed by atoms with Crippen molar-refractivity contribution in [2.24, 2.45) is 5.14 Å². The van der Waals surface area contributed by atoms with E-state index in [4.69, 9.17) is 5.14 Å². The van der Waals surface area contributed by atoms with Crippen LogP contribution in [0, 0.1) is 13.8 Å². The largest absolute Gasteiger partial charge is 0.331 e. The van der Waals surface area contributed by atoms with Gasteiger partial charge in [-0.05, 0) is 44.5 Å². The van der Waals surface area contributed by atoms with Crippen LogP contribution in [0.2, 0.25) is 0 Å². The molecule has 2 amide bonds. The van der Waals surface area contributed by atoms with E-state index in [1.807, 2.05) is 32.9 Å². The lowest BCUT2D eigenvalue weighted by Crippen LogP contribution is -2.31. The van der Waals surface area contributed by atoms with E-state index >= 15 is 0 Å². The molecule has 0 aromatic heterocycles. The predicted octanol–water partition coefficient (Wildman–Crippen LogP) is 2.83. The second-order valence-corrected chi connectivity index (χ2v) is 7.38. The van der Waals surface area contributed by atoms with Gasteiger partial charge in [-0.2, -0.15) is 0 Å². The molecule has 24 heavy (non-hydrogen) atoms. The van der Waals surface area contributed by atoms with E-state index in [2.05, 4.69) is 16.7 Å². The van der Waals surface area contributed by atoms with Gasteiger partial charge in [0.1, 0.15) is 0 Å². The number of benzene rings is 2. The van der Waals surface area contributed by atoms with Crippen LogP contribution in [0.1, 0.15) is 29.7 Å². The van der Waals surface area contributed by atoms with Crippen molar-refractivity contribution < 1.29 is 13.2 Å². The zero-order valence-corrected chi connectivity index (χ0v) is 14.6. The Kier molecular flexibility index (Phi) is 5.26. The molecular formula is C17H21N3O3S. The Bertz CT molecular complexity index is 843. The molecule has 0 bridgehead atoms. The molecule has 0 radical (unpaired) electrons. The SMILES string of the molecule is Cc1cc(C)cc([C@@H](C)NC(=O)Nc2cccc(S(N)(=O)=O)c2)c1. The number of urea groups is 1. The third-order valence-electron chi connectivity index (χ3n) is 3.51. The molecule has 0 saturated heterocycles. The van der Waals surface area contributed by atoms with Gasteiger partial charge in [0, 0.05) is 5.69 Å². The van der Waals surface area contributed by atoms with Gasteiger partial charge in [-0.3, -0.25) is 0 Å². The number of rotatable bonds is 4. The van der Waals surface area contributed by atoms with Crippen LogP contribution in [0.25, 0.3) is 0 Å². The Balaban J connectivity index is 2.08. The first-order valence-corrected chi connectivity index (χ1v) is 8.98. The Morgan fingerprint density at radius 1 is 1.08 bits per heavy atom. The van der Waals surface area contributed by atoms with Crippen molar-refractivity contribution in [2.75, 3.05) is 5.32 Å². The summed E-state index contributed by atoms with van der Waals surface area (Å²) < 4.78 is 22.7. The lowest BCUT2D eigenvalue weighted by molar-refractivity contribution is 0.249. The van der Waals surface area contributed by atoms with Crippen LogP contribution < -0.4 is 15.8 Å². The Morgan fingerprint density at radius 2 is 1.71 bits per heavy atom. The fourth-order valence-corrected chi connectivity index (χ4v) is 3.02. The van der Waals surface area contributed by atoms with Gasteiger partial charge < -0.3 is 10.6 Å². The number of carbonyl (C=O) groups excluding carboxylic acids is 1. The average Bonchev–Trinajstić information content (AvgIpc) is 2.45. The van der Waals surface area contributed by atoms with Crippen LogP contribution in [0.5, 0.6) is 0 Å². The first kappa shape index (κ1) is 18.0. The summed E-state index contributed by atoms with van der Waals surface area (Å²) in [4.78, 5) is 12.1. The van der Waals surface area contributed by atoms with Gasteiger partial charge in [-0.25, -0.2) is 18.4 Å². The maximum Gasteiger partial charge on any atom is 0.319 e. The molecule has 4 N–H and O–H groups in total. The predicted molar refractivity (Wildman–Crippen MR) is 94.3 cm³/mol. The van der Waals surface area contributed by atoms with Gasteiger partial charge in [0.2, 0.25) is 10.0 Å². The van der Waals surface area contributed by atoms with Crippen LogP contribution in [0.15, 0.2) is 47.4 Å². The molecule has 1 atom stereocenters. The molecular weight excluding hydrogens is 326 g/mol. The molecule has 7 heteroatoms. The number of aryl methyl sites for hydroxylation is 2. The molecule has 0 unspecified atom stereocenters. The smallest absolute Gasteiger partial charge is 0.319 e. The molecule has 0 fully saturated rings. The average molecular weight is 347 g/mol. The third kappa shape index (κ3) is 4.81. The Hall–Kier alpha value is -2.38. The van der Waals surface area contributed by atoms with Crippen molar-refractivity contribution in [3.8, 4) is 0 Å². The summed E-state index contributed by atoms with van der Waals surface area (Å²) in [5, 5.41) is 10.5. The standard InChI is InChI=1S/C17H21N3O3S/c1-11-7-12(2)9-14(8-11)13(3)19-17(21)20-15-5-4-6-16(10-15)24(18,22)23/h4-10,13H,1-3H3,(H2,18,22,23)(H2,19,20,21)/t13-/m1/s1. The minimum atomic E-state index is -3.81. The minimum Gasteiger partial charge on any atom is -0.331 e. The number of anilines is 1. The van der Waals surface area contributed by atoms with Crippen molar-refractivity contribution in [1.29, 1.82) is 0 Å². The fraction of sp³-hybridized carbons (Fsp3) is 0.235. The van der Waals surface area contributed by atoms with Gasteiger partial charge in [0.25, 0.3) is 0 Å². The van der Waals surface area contributed by atoms with E-state index in [0.717, 1.165) is 16.7 Å². The van der Waals surface area contributed by atoms with E-state index in [1.54, 1.807) is 6.07 Å². The number of hydrogen-bond donors (Lipinski definition) is 3. The summed E-state index contributed by atoms with van der Waals surface area (Å²) in [6, 6.07) is 11.3. The molecule has 2 rings (SSSR count). The highest BCUT2D eigenvalue weighted by Crippen LogP contribution is 2.18. The highest BCUT2D eigenvalue weighted by molar-refractivity contribution is 7.89. The van der Waals surface area contributed by atoms with Crippen molar-refractivity contribution in [1.82, 2.24) is 5.32 Å². The number of amides is 2. The molecule has 6 nitrogen and oxygen atoms in total. The molecule has 0 saturated carbocycles. The zero-order chi connectivity index (χ0) is 17.9. The molecule has 0 spiro atoms. The summed E-state index contributed by atoms with van der Waals surface area (Å²) in [7, 11) is -3.81. The summed E-state index contributed by atoms with van der Waals surface area (Å²) in [6.07, 6.45) is 0. The third-order valence-corrected chi connectivity index (χ3v) is 4.42. The number of primary sulfonamides is 1. The lowest BCUT2D eigenvalue weighted by Gasteiger charge is -2.16. The number of hydrogen-bond acceptors (Lipinski definition) is 3. The van der Waals surface area contributed by atoms with E-state index in [-0.39, 0.29) is 10.9 Å². The van der Waals surface area contributed by atoms with Crippen molar-refractivity contribution in [2.45, 2.75) is 31.7 Å². The molecule has 128 valence electrons. The minimum absolute atomic E-state index is 0.0531. The highest BCUT2D eigenvalue weighted by atomic mass is 32.2. The van der Waals surface area contributed by atoms with Gasteiger partial charge in [-0.1, -0.05) is 35.4 Å². The van der Waals surface area contributed by atoms with Crippen LogP contribution in [-0.4, -0.2) is 14.4 Å². The Labute approximate surface area is 142 Å². The summed E-state index contributed by atoms with van der Waals surface area (Å²) in [5.74, 6) is 0. The van der Waals surface area contributed by atoms with E-state index < -0.39 is 16.1 Å². The molecule has 0 aliphatic carbocycles. The van der Waals surface area contributed by atoms with Crippen LogP contribution in [-0.2, 0) is 10.0 Å². The normalized spacial score (nSPS) is 12.5. The molecule has 0 aliphatic rings. The molecule has 0 aliphatic heterocycles. The maximum atomic E-state index is 12.1. The second-order valence-electron chi connectivity index (χ2n) is 5.81. The van der Waals surface area contributed by atoms with Gasteiger partial charge in [0.15, 0.2) is 0 Å². The van der Waals surface area contributed by atoms with Crippen molar-refractivity contribution in [3.05, 3.63) is 59.2 Å². The van der Waals surface area contributed by atoms with Crippen molar-refractivity contribution in [3.63, 3.8) is 0 Å². The van der Waals surface area contributed by atoms with Crippen LogP contribution in [0.4, 0.5) is 10.5 Å². The highest BCUT2D eigenvalue weighted by Gasteiger charge is 2.12. The van der Waals surface area contributed by atoms with E-state index in [9.17, 15) is 13.2 Å². The van der Waals surface area contributed by atoms with E-state index in [1.165, 1.54) is 18.2 Å². The number of sulfonamides is 1. The van der Waals surface area contributed by atoms with Crippen molar-refractivity contribution >= 4 is 21.7 Å². The maximum absolute atomic E-state index is 12.1. The number of carbonyl (C=O) groups is 1. The second kappa shape index (κ2) is 7.02. The first-order valence-electron chi connectivity index (χ1n) is 7.44. The first-order chi connectivity index (χ1) is 11.1. The number of nitrogens with one attached hydrogen (secondary N) is 2. The summed E-state index contributed by atoms with van der Waals surface area (Å²) >= 11 is 0. The van der Waals surface area contributed by atoms with Crippen LogP contribution >= 0.6 is 0 Å². The Morgan fingerprint density at radius 3 is 2.29 bits per heavy atom. The quantitative estimate of drug-likeness (QED) is 0.792. The molecule has 2 aromatic rings. The topological polar surface area (TPSA) is 101 Å². The number of nitrogens with two attached hydrogens (primary N) is 1. The fourth-order valence-electron chi connectivity index (χ4n) is 2.46.